The van der Waals surface area contributed by atoms with E-state index in [4.69, 9.17) is 16.7 Å². The quantitative estimate of drug-likeness (QED) is 0.797. The van der Waals surface area contributed by atoms with Crippen molar-refractivity contribution < 1.29 is 18.3 Å². The minimum atomic E-state index is -3.95. The number of hydrogen-bond donors (Lipinski definition) is 3. The van der Waals surface area contributed by atoms with Gasteiger partial charge in [-0.3, -0.25) is 9.82 Å². The van der Waals surface area contributed by atoms with Crippen LogP contribution >= 0.6 is 11.6 Å². The molecule has 0 saturated heterocycles. The van der Waals surface area contributed by atoms with Crippen LogP contribution in [0, 0.1) is 6.92 Å². The molecule has 0 aliphatic rings. The third-order valence-electron chi connectivity index (χ3n) is 2.60. The summed E-state index contributed by atoms with van der Waals surface area (Å²) in [7, 11) is -3.95. The number of carboxylic acids is 1. The third kappa shape index (κ3) is 2.75. The summed E-state index contributed by atoms with van der Waals surface area (Å²) in [5.74, 6) is -1.25. The Labute approximate surface area is 119 Å². The summed E-state index contributed by atoms with van der Waals surface area (Å²) in [5, 5.41) is 15.2. The van der Waals surface area contributed by atoms with Gasteiger partial charge >= 0.3 is 5.97 Å². The lowest BCUT2D eigenvalue weighted by atomic mass is 10.1. The Kier molecular flexibility index (Phi) is 3.69. The highest BCUT2D eigenvalue weighted by Crippen LogP contribution is 2.26. The lowest BCUT2D eigenvalue weighted by Gasteiger charge is -2.11. The number of H-pyrrole nitrogens is 1. The van der Waals surface area contributed by atoms with Crippen molar-refractivity contribution in [3.8, 4) is 0 Å². The Bertz CT molecular complexity index is 756. The molecule has 9 heteroatoms. The Morgan fingerprint density at radius 2 is 2.15 bits per heavy atom. The van der Waals surface area contributed by atoms with Gasteiger partial charge in [0.1, 0.15) is 0 Å². The summed E-state index contributed by atoms with van der Waals surface area (Å²) >= 11 is 5.78. The van der Waals surface area contributed by atoms with E-state index in [1.165, 1.54) is 31.5 Å². The Morgan fingerprint density at radius 1 is 1.45 bits per heavy atom. The number of aromatic carboxylic acids is 1. The van der Waals surface area contributed by atoms with Crippen LogP contribution < -0.4 is 4.72 Å². The molecule has 0 aliphatic carbocycles. The van der Waals surface area contributed by atoms with Crippen LogP contribution in [0.5, 0.6) is 0 Å². The summed E-state index contributed by atoms with van der Waals surface area (Å²) in [6, 6.07) is 2.40. The number of carboxylic acid groups (broad SMARTS) is 1. The minimum Gasteiger partial charge on any atom is -0.478 e. The van der Waals surface area contributed by atoms with Crippen molar-refractivity contribution in [2.75, 3.05) is 4.72 Å². The molecule has 0 saturated carbocycles. The van der Waals surface area contributed by atoms with Crippen molar-refractivity contribution in [3.05, 3.63) is 40.7 Å². The monoisotopic (exact) mass is 315 g/mol. The van der Waals surface area contributed by atoms with E-state index in [-0.39, 0.29) is 26.7 Å². The summed E-state index contributed by atoms with van der Waals surface area (Å²) < 4.78 is 26.8. The maximum atomic E-state index is 12.2. The number of halogens is 1. The van der Waals surface area contributed by atoms with Crippen LogP contribution in [0.1, 0.15) is 15.9 Å². The van der Waals surface area contributed by atoms with Crippen molar-refractivity contribution in [1.29, 1.82) is 0 Å². The smallest absolute Gasteiger partial charge is 0.336 e. The standard InChI is InChI=1S/C11H10ClN3O4S/c1-6-9(11(16)17)2-7(12)3-10(6)20(18,19)15-8-4-13-14-5-8/h2-5,15H,1H3,(H,13,14)(H,16,17). The maximum Gasteiger partial charge on any atom is 0.336 e. The molecule has 3 N–H and O–H groups in total. The molecular formula is C11H10ClN3O4S. The number of nitrogens with zero attached hydrogens (tertiary/aromatic N) is 1. The van der Waals surface area contributed by atoms with Gasteiger partial charge in [0, 0.05) is 11.2 Å². The summed E-state index contributed by atoms with van der Waals surface area (Å²) in [6.45, 7) is 1.41. The Balaban J connectivity index is 2.54. The van der Waals surface area contributed by atoms with E-state index in [0.717, 1.165) is 0 Å². The molecule has 0 amide bonds. The number of carbonyl (C=O) groups is 1. The molecule has 0 unspecified atom stereocenters. The number of nitrogens with one attached hydrogen (secondary N) is 2. The molecule has 106 valence electrons. The van der Waals surface area contributed by atoms with Gasteiger partial charge in [0.05, 0.1) is 22.3 Å². The van der Waals surface area contributed by atoms with Crippen LogP contribution in [-0.2, 0) is 10.0 Å². The lowest BCUT2D eigenvalue weighted by Crippen LogP contribution is -2.15. The first-order chi connectivity index (χ1) is 9.31. The molecule has 0 aliphatic heterocycles. The Hall–Kier alpha value is -2.06. The first-order valence-corrected chi connectivity index (χ1v) is 7.22. The van der Waals surface area contributed by atoms with Crippen LogP contribution in [0.3, 0.4) is 0 Å². The topological polar surface area (TPSA) is 112 Å². The SMILES string of the molecule is Cc1c(C(=O)O)cc(Cl)cc1S(=O)(=O)Nc1cn[nH]c1. The average Bonchev–Trinajstić information content (AvgIpc) is 2.83. The predicted molar refractivity (Wildman–Crippen MR) is 72.5 cm³/mol. The number of hydrogen-bond acceptors (Lipinski definition) is 4. The second-order valence-corrected chi connectivity index (χ2v) is 6.06. The number of aromatic nitrogens is 2. The number of aromatic amines is 1. The van der Waals surface area contributed by atoms with E-state index in [1.807, 2.05) is 0 Å². The first kappa shape index (κ1) is 14.4. The molecule has 1 aromatic carbocycles. The van der Waals surface area contributed by atoms with Crippen molar-refractivity contribution in [2.24, 2.45) is 0 Å². The van der Waals surface area contributed by atoms with Crippen molar-refractivity contribution in [2.45, 2.75) is 11.8 Å². The van der Waals surface area contributed by atoms with E-state index in [2.05, 4.69) is 14.9 Å². The fraction of sp³-hybridized carbons (Fsp3) is 0.0909. The van der Waals surface area contributed by atoms with E-state index in [1.54, 1.807) is 0 Å². The molecule has 1 aromatic heterocycles. The molecule has 0 spiro atoms. The van der Waals surface area contributed by atoms with Gasteiger partial charge < -0.3 is 5.11 Å². The molecule has 20 heavy (non-hydrogen) atoms. The van der Waals surface area contributed by atoms with Gasteiger partial charge in [-0.2, -0.15) is 5.10 Å². The van der Waals surface area contributed by atoms with Gasteiger partial charge in [-0.05, 0) is 24.6 Å². The van der Waals surface area contributed by atoms with Crippen molar-refractivity contribution >= 4 is 33.3 Å². The second-order valence-electron chi connectivity index (χ2n) is 3.97. The summed E-state index contributed by atoms with van der Waals surface area (Å²) in [4.78, 5) is 10.9. The largest absolute Gasteiger partial charge is 0.478 e. The third-order valence-corrected chi connectivity index (χ3v) is 4.32. The first-order valence-electron chi connectivity index (χ1n) is 5.36. The van der Waals surface area contributed by atoms with Gasteiger partial charge in [0.25, 0.3) is 10.0 Å². The summed E-state index contributed by atoms with van der Waals surface area (Å²) in [6.07, 6.45) is 2.64. The van der Waals surface area contributed by atoms with Crippen LogP contribution in [-0.4, -0.2) is 29.7 Å². The maximum absolute atomic E-state index is 12.2. The molecule has 2 aromatic rings. The Morgan fingerprint density at radius 3 is 2.70 bits per heavy atom. The fourth-order valence-electron chi connectivity index (χ4n) is 1.67. The van der Waals surface area contributed by atoms with Crippen LogP contribution in [0.25, 0.3) is 0 Å². The average molecular weight is 316 g/mol. The second kappa shape index (κ2) is 5.14. The van der Waals surface area contributed by atoms with Crippen LogP contribution in [0.2, 0.25) is 5.02 Å². The predicted octanol–water partition coefficient (Wildman–Crippen LogP) is 1.87. The molecule has 1 heterocycles. The summed E-state index contributed by atoms with van der Waals surface area (Å²) in [5.41, 5.74) is 0.184. The molecule has 0 atom stereocenters. The van der Waals surface area contributed by atoms with Gasteiger partial charge in [-0.25, -0.2) is 13.2 Å². The zero-order valence-electron chi connectivity index (χ0n) is 10.2. The highest BCUT2D eigenvalue weighted by atomic mass is 35.5. The van der Waals surface area contributed by atoms with E-state index < -0.39 is 16.0 Å². The highest BCUT2D eigenvalue weighted by molar-refractivity contribution is 7.92. The van der Waals surface area contributed by atoms with E-state index in [0.29, 0.717) is 0 Å². The molecule has 0 radical (unpaired) electrons. The molecular weight excluding hydrogens is 306 g/mol. The molecule has 0 bridgehead atoms. The van der Waals surface area contributed by atoms with Gasteiger partial charge in [0.2, 0.25) is 0 Å². The lowest BCUT2D eigenvalue weighted by molar-refractivity contribution is 0.0696. The van der Waals surface area contributed by atoms with Gasteiger partial charge in [0.15, 0.2) is 0 Å². The van der Waals surface area contributed by atoms with E-state index >= 15 is 0 Å². The highest BCUT2D eigenvalue weighted by Gasteiger charge is 2.22. The van der Waals surface area contributed by atoms with Gasteiger partial charge in [-0.1, -0.05) is 11.6 Å². The molecule has 7 nitrogen and oxygen atoms in total. The number of benzene rings is 1. The minimum absolute atomic E-state index is 0.0283. The fourth-order valence-corrected chi connectivity index (χ4v) is 3.28. The molecule has 0 fully saturated rings. The van der Waals surface area contributed by atoms with Gasteiger partial charge in [-0.15, -0.1) is 0 Å². The van der Waals surface area contributed by atoms with Crippen molar-refractivity contribution in [3.63, 3.8) is 0 Å². The zero-order chi connectivity index (χ0) is 14.9. The molecule has 2 rings (SSSR count). The number of anilines is 1. The zero-order valence-corrected chi connectivity index (χ0v) is 11.8. The van der Waals surface area contributed by atoms with Crippen molar-refractivity contribution in [1.82, 2.24) is 10.2 Å². The van der Waals surface area contributed by atoms with Crippen LogP contribution in [0.15, 0.2) is 29.4 Å². The number of rotatable bonds is 4. The van der Waals surface area contributed by atoms with Crippen LogP contribution in [0.4, 0.5) is 5.69 Å². The van der Waals surface area contributed by atoms with E-state index in [9.17, 15) is 13.2 Å². The normalized spacial score (nSPS) is 11.3. The number of sulfonamides is 1.